The van der Waals surface area contributed by atoms with Gasteiger partial charge in [0.15, 0.2) is 0 Å². The first-order chi connectivity index (χ1) is 7.86. The summed E-state index contributed by atoms with van der Waals surface area (Å²) >= 11 is 0. The molecule has 2 aliphatic rings. The molecule has 5 nitrogen and oxygen atoms in total. The summed E-state index contributed by atoms with van der Waals surface area (Å²) in [6.07, 6.45) is 1.30. The first-order valence-electron chi connectivity index (χ1n) is 5.91. The van der Waals surface area contributed by atoms with Gasteiger partial charge in [0.25, 0.3) is 0 Å². The number of ether oxygens (including phenoxy) is 3. The molecule has 3 unspecified atom stereocenters. The van der Waals surface area contributed by atoms with Crippen molar-refractivity contribution in [3.63, 3.8) is 0 Å². The fourth-order valence-corrected chi connectivity index (χ4v) is 2.48. The average Bonchev–Trinajstić information content (AvgIpc) is 2.38. The summed E-state index contributed by atoms with van der Waals surface area (Å²) in [5.41, 5.74) is 0. The monoisotopic (exact) mass is 229 g/mol. The molecular formula is C11H21N2O3. The quantitative estimate of drug-likeness (QED) is 0.665. The van der Waals surface area contributed by atoms with Gasteiger partial charge in [-0.2, -0.15) is 0 Å². The van der Waals surface area contributed by atoms with Crippen LogP contribution in [0.1, 0.15) is 6.42 Å². The predicted octanol–water partition coefficient (Wildman–Crippen LogP) is -0.317. The number of hydrogen-bond donors (Lipinski definition) is 0. The van der Waals surface area contributed by atoms with Crippen LogP contribution >= 0.6 is 0 Å². The van der Waals surface area contributed by atoms with Gasteiger partial charge in [0.1, 0.15) is 12.3 Å². The lowest BCUT2D eigenvalue weighted by Gasteiger charge is -2.43. The second kappa shape index (κ2) is 5.93. The van der Waals surface area contributed by atoms with Crippen LogP contribution in [-0.4, -0.2) is 70.3 Å². The highest BCUT2D eigenvalue weighted by Crippen LogP contribution is 2.20. The Morgan fingerprint density at radius 2 is 1.94 bits per heavy atom. The Morgan fingerprint density at radius 3 is 2.56 bits per heavy atom. The van der Waals surface area contributed by atoms with Gasteiger partial charge in [-0.3, -0.25) is 4.90 Å². The normalized spacial score (nSPS) is 37.5. The second-order valence-corrected chi connectivity index (χ2v) is 4.23. The second-order valence-electron chi connectivity index (χ2n) is 4.23. The van der Waals surface area contributed by atoms with Gasteiger partial charge in [-0.25, -0.2) is 5.32 Å². The van der Waals surface area contributed by atoms with Gasteiger partial charge in [0, 0.05) is 33.9 Å². The zero-order valence-electron chi connectivity index (χ0n) is 10.1. The number of methoxy groups -OCH3 is 2. The van der Waals surface area contributed by atoms with Gasteiger partial charge in [-0.05, 0) is 6.42 Å². The molecule has 2 fully saturated rings. The molecule has 5 heteroatoms. The number of rotatable bonds is 3. The molecule has 3 atom stereocenters. The van der Waals surface area contributed by atoms with Crippen LogP contribution in [0.5, 0.6) is 0 Å². The van der Waals surface area contributed by atoms with Crippen molar-refractivity contribution in [3.05, 3.63) is 0 Å². The lowest BCUT2D eigenvalue weighted by molar-refractivity contribution is -0.120. The lowest BCUT2D eigenvalue weighted by Crippen LogP contribution is -2.60. The number of hydrogen-bond acceptors (Lipinski definition) is 4. The van der Waals surface area contributed by atoms with E-state index >= 15 is 0 Å². The summed E-state index contributed by atoms with van der Waals surface area (Å²) in [6, 6.07) is 0. The van der Waals surface area contributed by atoms with Crippen molar-refractivity contribution in [2.24, 2.45) is 0 Å². The Balaban J connectivity index is 1.99. The third-order valence-corrected chi connectivity index (χ3v) is 3.38. The van der Waals surface area contributed by atoms with E-state index in [9.17, 15) is 0 Å². The topological polar surface area (TPSA) is 45.0 Å². The summed E-state index contributed by atoms with van der Waals surface area (Å²) in [6.45, 7) is 4.31. The fourth-order valence-electron chi connectivity index (χ4n) is 2.48. The van der Waals surface area contributed by atoms with Crippen molar-refractivity contribution in [2.45, 2.75) is 24.8 Å². The van der Waals surface area contributed by atoms with E-state index in [0.717, 1.165) is 39.3 Å². The van der Waals surface area contributed by atoms with Crippen LogP contribution in [0.2, 0.25) is 0 Å². The van der Waals surface area contributed by atoms with Crippen LogP contribution in [0.3, 0.4) is 0 Å². The summed E-state index contributed by atoms with van der Waals surface area (Å²) in [4.78, 5) is 2.34. The van der Waals surface area contributed by atoms with Crippen molar-refractivity contribution in [1.82, 2.24) is 10.2 Å². The van der Waals surface area contributed by atoms with Crippen molar-refractivity contribution in [3.8, 4) is 0 Å². The molecule has 2 aliphatic heterocycles. The van der Waals surface area contributed by atoms with E-state index in [1.165, 1.54) is 0 Å². The maximum absolute atomic E-state index is 5.56. The van der Waals surface area contributed by atoms with Crippen molar-refractivity contribution < 1.29 is 14.2 Å². The largest absolute Gasteiger partial charge is 0.379 e. The zero-order chi connectivity index (χ0) is 11.4. The Morgan fingerprint density at radius 1 is 1.19 bits per heavy atom. The lowest BCUT2D eigenvalue weighted by atomic mass is 10.0. The highest BCUT2D eigenvalue weighted by Gasteiger charge is 2.38. The molecule has 2 saturated heterocycles. The minimum absolute atomic E-state index is 0.0526. The molecule has 2 heterocycles. The van der Waals surface area contributed by atoms with Gasteiger partial charge in [-0.1, -0.05) is 0 Å². The van der Waals surface area contributed by atoms with Crippen LogP contribution in [0.4, 0.5) is 0 Å². The number of piperidine rings is 1. The van der Waals surface area contributed by atoms with Gasteiger partial charge in [-0.15, -0.1) is 0 Å². The Hall–Kier alpha value is -0.200. The maximum atomic E-state index is 5.56. The smallest absolute Gasteiger partial charge is 0.113 e. The summed E-state index contributed by atoms with van der Waals surface area (Å²) in [5.74, 6) is 0. The summed E-state index contributed by atoms with van der Waals surface area (Å²) in [5, 5.41) is 4.67. The van der Waals surface area contributed by atoms with Crippen molar-refractivity contribution >= 4 is 0 Å². The highest BCUT2D eigenvalue weighted by atomic mass is 16.5. The molecule has 0 aromatic carbocycles. The Kier molecular flexibility index (Phi) is 4.55. The van der Waals surface area contributed by atoms with Crippen LogP contribution in [0.15, 0.2) is 0 Å². The molecule has 1 radical (unpaired) electrons. The molecule has 0 amide bonds. The summed E-state index contributed by atoms with van der Waals surface area (Å²) < 4.78 is 16.4. The first kappa shape index (κ1) is 12.3. The summed E-state index contributed by atoms with van der Waals surface area (Å²) in [7, 11) is 3.49. The van der Waals surface area contributed by atoms with Gasteiger partial charge in [0.2, 0.25) is 0 Å². The van der Waals surface area contributed by atoms with E-state index in [0.29, 0.717) is 0 Å². The van der Waals surface area contributed by atoms with Gasteiger partial charge < -0.3 is 14.2 Å². The van der Waals surface area contributed by atoms with E-state index in [2.05, 4.69) is 10.2 Å². The molecule has 0 saturated carbocycles. The van der Waals surface area contributed by atoms with Crippen LogP contribution in [-0.2, 0) is 14.2 Å². The molecule has 0 spiro atoms. The first-order valence-corrected chi connectivity index (χ1v) is 5.91. The van der Waals surface area contributed by atoms with Gasteiger partial charge >= 0.3 is 0 Å². The molecule has 16 heavy (non-hydrogen) atoms. The minimum Gasteiger partial charge on any atom is -0.379 e. The molecule has 0 aromatic rings. The Labute approximate surface area is 97.0 Å². The van der Waals surface area contributed by atoms with E-state index in [-0.39, 0.29) is 18.4 Å². The fraction of sp³-hybridized carbons (Fsp3) is 1.00. The third-order valence-electron chi connectivity index (χ3n) is 3.38. The highest BCUT2D eigenvalue weighted by molar-refractivity contribution is 4.89. The molecule has 0 aliphatic carbocycles. The standard InChI is InChI=1S/C11H21N2O3/c1-14-9-3-4-12-11(10(9)15-2)13-5-7-16-8-6-13/h9-11H,3-8H2,1-2H3. The van der Waals surface area contributed by atoms with E-state index in [4.69, 9.17) is 14.2 Å². The SMILES string of the molecule is COC1CC[N]C(N2CCOCC2)C1OC. The van der Waals surface area contributed by atoms with Crippen molar-refractivity contribution in [1.29, 1.82) is 0 Å². The molecule has 0 N–H and O–H groups in total. The van der Waals surface area contributed by atoms with E-state index < -0.39 is 0 Å². The van der Waals surface area contributed by atoms with E-state index in [1.807, 2.05) is 0 Å². The van der Waals surface area contributed by atoms with Gasteiger partial charge in [0.05, 0.1) is 19.3 Å². The minimum atomic E-state index is 0.0526. The predicted molar refractivity (Wildman–Crippen MR) is 59.4 cm³/mol. The molecule has 0 aromatic heterocycles. The van der Waals surface area contributed by atoms with Crippen LogP contribution < -0.4 is 5.32 Å². The average molecular weight is 229 g/mol. The van der Waals surface area contributed by atoms with Crippen LogP contribution in [0.25, 0.3) is 0 Å². The molecule has 2 rings (SSSR count). The number of morpholine rings is 1. The molecule has 93 valence electrons. The maximum Gasteiger partial charge on any atom is 0.113 e. The van der Waals surface area contributed by atoms with Crippen LogP contribution in [0, 0.1) is 0 Å². The number of nitrogens with zero attached hydrogens (tertiary/aromatic N) is 2. The Bertz CT molecular complexity index is 209. The van der Waals surface area contributed by atoms with E-state index in [1.54, 1.807) is 14.2 Å². The molecular weight excluding hydrogens is 208 g/mol. The zero-order valence-corrected chi connectivity index (χ0v) is 10.1. The molecule has 0 bridgehead atoms. The third kappa shape index (κ3) is 2.55. The van der Waals surface area contributed by atoms with Crippen molar-refractivity contribution in [2.75, 3.05) is 47.1 Å².